The summed E-state index contributed by atoms with van der Waals surface area (Å²) >= 11 is 0. The van der Waals surface area contributed by atoms with Gasteiger partial charge in [-0.3, -0.25) is 0 Å². The van der Waals surface area contributed by atoms with E-state index in [1.165, 1.54) is 6.20 Å². The first-order valence-corrected chi connectivity index (χ1v) is 5.55. The topological polar surface area (TPSA) is 68.7 Å². The number of carbonyl (C=O) groups is 1. The van der Waals surface area contributed by atoms with Crippen LogP contribution < -0.4 is 5.43 Å². The van der Waals surface area contributed by atoms with Crippen molar-refractivity contribution >= 4 is 11.7 Å². The molecule has 0 atom stereocenters. The molecule has 2 rings (SSSR count). The molecule has 0 aromatic carbocycles. The van der Waals surface area contributed by atoms with E-state index in [4.69, 9.17) is 5.11 Å². The van der Waals surface area contributed by atoms with Crippen LogP contribution in [0.2, 0.25) is 0 Å². The van der Waals surface area contributed by atoms with Gasteiger partial charge in [0.2, 0.25) is 0 Å². The predicted molar refractivity (Wildman–Crippen MR) is 63.9 cm³/mol. The Morgan fingerprint density at radius 2 is 2.12 bits per heavy atom. The number of aromatic carboxylic acids is 1. The third-order valence-electron chi connectivity index (χ3n) is 2.79. The van der Waals surface area contributed by atoms with Crippen LogP contribution >= 0.6 is 0 Å². The van der Waals surface area contributed by atoms with Crippen molar-refractivity contribution in [2.24, 2.45) is 0 Å². The number of piperazine rings is 1. The van der Waals surface area contributed by atoms with Crippen LogP contribution in [0.5, 0.6) is 0 Å². The molecule has 0 bridgehead atoms. The molecule has 2 heterocycles. The number of nitrogens with zero attached hydrogens (tertiary/aromatic N) is 3. The lowest BCUT2D eigenvalue weighted by atomic mass is 10.3. The van der Waals surface area contributed by atoms with Gasteiger partial charge in [-0.05, 0) is 19.2 Å². The molecule has 6 nitrogen and oxygen atoms in total. The molecule has 92 valence electrons. The third-order valence-corrected chi connectivity index (χ3v) is 2.79. The zero-order valence-corrected chi connectivity index (χ0v) is 9.76. The van der Waals surface area contributed by atoms with Crippen LogP contribution in [0.1, 0.15) is 10.5 Å². The monoisotopic (exact) mass is 236 g/mol. The van der Waals surface area contributed by atoms with E-state index in [1.807, 2.05) is 5.01 Å². The van der Waals surface area contributed by atoms with Crippen LogP contribution in [-0.2, 0) is 0 Å². The lowest BCUT2D eigenvalue weighted by Gasteiger charge is -2.33. The maximum Gasteiger partial charge on any atom is 0.356 e. The van der Waals surface area contributed by atoms with Crippen LogP contribution in [0.3, 0.4) is 0 Å². The molecule has 1 aliphatic heterocycles. The molecule has 0 aliphatic carbocycles. The highest BCUT2D eigenvalue weighted by Gasteiger charge is 2.17. The van der Waals surface area contributed by atoms with Gasteiger partial charge in [-0.2, -0.15) is 0 Å². The zero-order valence-electron chi connectivity index (χ0n) is 9.76. The Morgan fingerprint density at radius 3 is 2.76 bits per heavy atom. The van der Waals surface area contributed by atoms with Crippen molar-refractivity contribution in [3.8, 4) is 0 Å². The summed E-state index contributed by atoms with van der Waals surface area (Å²) in [6, 6.07) is 3.46. The summed E-state index contributed by atoms with van der Waals surface area (Å²) in [6.07, 6.45) is 1.48. The van der Waals surface area contributed by atoms with Crippen LogP contribution in [0.25, 0.3) is 0 Å². The maximum absolute atomic E-state index is 11.0. The fraction of sp³-hybridized carbons (Fsp3) is 0.455. The summed E-state index contributed by atoms with van der Waals surface area (Å²) in [5, 5.41) is 11.0. The maximum atomic E-state index is 11.0. The van der Waals surface area contributed by atoms with E-state index in [-0.39, 0.29) is 5.69 Å². The molecular formula is C11H16N4O2. The minimum atomic E-state index is -1.01. The summed E-state index contributed by atoms with van der Waals surface area (Å²) in [4.78, 5) is 17.1. The Balaban J connectivity index is 2.05. The average molecular weight is 236 g/mol. The Morgan fingerprint density at radius 1 is 1.41 bits per heavy atom. The van der Waals surface area contributed by atoms with Gasteiger partial charge in [-0.1, -0.05) is 0 Å². The number of hydrogen-bond donors (Lipinski definition) is 2. The molecule has 0 unspecified atom stereocenters. The fourth-order valence-corrected chi connectivity index (χ4v) is 1.75. The molecule has 2 N–H and O–H groups in total. The van der Waals surface area contributed by atoms with Gasteiger partial charge in [0.25, 0.3) is 0 Å². The number of pyridine rings is 1. The van der Waals surface area contributed by atoms with E-state index in [0.717, 1.165) is 26.2 Å². The van der Waals surface area contributed by atoms with Crippen LogP contribution in [0.15, 0.2) is 18.3 Å². The van der Waals surface area contributed by atoms with Gasteiger partial charge < -0.3 is 15.4 Å². The van der Waals surface area contributed by atoms with Crippen molar-refractivity contribution in [3.05, 3.63) is 24.0 Å². The molecule has 17 heavy (non-hydrogen) atoms. The smallest absolute Gasteiger partial charge is 0.356 e. The van der Waals surface area contributed by atoms with E-state index in [1.54, 1.807) is 12.1 Å². The first-order valence-electron chi connectivity index (χ1n) is 5.55. The van der Waals surface area contributed by atoms with Gasteiger partial charge in [0.1, 0.15) is 0 Å². The SMILES string of the molecule is CN1CCN(Nc2cccnc2C(=O)O)CC1. The third kappa shape index (κ3) is 2.92. The van der Waals surface area contributed by atoms with Crippen LogP contribution in [0, 0.1) is 0 Å². The summed E-state index contributed by atoms with van der Waals surface area (Å²) in [5.41, 5.74) is 3.72. The van der Waals surface area contributed by atoms with Gasteiger partial charge in [-0.25, -0.2) is 14.8 Å². The number of hydrogen-bond acceptors (Lipinski definition) is 5. The summed E-state index contributed by atoms with van der Waals surface area (Å²) in [6.45, 7) is 3.67. The number of carboxylic acids is 1. The minimum Gasteiger partial charge on any atom is -0.476 e. The Bertz CT molecular complexity index is 402. The predicted octanol–water partition coefficient (Wildman–Crippen LogP) is 0.354. The normalized spacial score (nSPS) is 17.9. The number of nitrogens with one attached hydrogen (secondary N) is 1. The van der Waals surface area contributed by atoms with Crippen LogP contribution in [-0.4, -0.2) is 59.2 Å². The highest BCUT2D eigenvalue weighted by Crippen LogP contribution is 2.13. The largest absolute Gasteiger partial charge is 0.476 e. The summed E-state index contributed by atoms with van der Waals surface area (Å²) in [5.74, 6) is -1.01. The van der Waals surface area contributed by atoms with E-state index in [0.29, 0.717) is 5.69 Å². The molecule has 1 aliphatic rings. The molecule has 0 spiro atoms. The second-order valence-electron chi connectivity index (χ2n) is 4.11. The van der Waals surface area contributed by atoms with Crippen molar-refractivity contribution in [1.29, 1.82) is 0 Å². The van der Waals surface area contributed by atoms with Gasteiger partial charge in [-0.15, -0.1) is 0 Å². The van der Waals surface area contributed by atoms with Gasteiger partial charge in [0.05, 0.1) is 5.69 Å². The Labute approximate surface area is 99.8 Å². The lowest BCUT2D eigenvalue weighted by Crippen LogP contribution is -2.47. The molecule has 0 radical (unpaired) electrons. The molecular weight excluding hydrogens is 220 g/mol. The second-order valence-corrected chi connectivity index (χ2v) is 4.11. The van der Waals surface area contributed by atoms with Crippen molar-refractivity contribution in [2.75, 3.05) is 38.7 Å². The summed E-state index contributed by atoms with van der Waals surface area (Å²) in [7, 11) is 2.07. The standard InChI is InChI=1S/C11H16N4O2/c1-14-5-7-15(8-6-14)13-9-3-2-4-12-10(9)11(16)17/h2-4,13H,5-8H2,1H3,(H,16,17). The molecule has 6 heteroatoms. The molecule has 1 saturated heterocycles. The molecule has 0 saturated carbocycles. The first kappa shape index (κ1) is 11.8. The quantitative estimate of drug-likeness (QED) is 0.789. The lowest BCUT2D eigenvalue weighted by molar-refractivity contribution is 0.0691. The average Bonchev–Trinajstić information content (AvgIpc) is 2.32. The number of rotatable bonds is 3. The zero-order chi connectivity index (χ0) is 12.3. The Kier molecular flexibility index (Phi) is 3.55. The Hall–Kier alpha value is -1.66. The van der Waals surface area contributed by atoms with Crippen LogP contribution in [0.4, 0.5) is 5.69 Å². The van der Waals surface area contributed by atoms with Crippen molar-refractivity contribution in [1.82, 2.24) is 14.9 Å². The van der Waals surface area contributed by atoms with E-state index in [9.17, 15) is 4.79 Å². The van der Waals surface area contributed by atoms with E-state index in [2.05, 4.69) is 22.4 Å². The fourth-order valence-electron chi connectivity index (χ4n) is 1.75. The van der Waals surface area contributed by atoms with Gasteiger partial charge in [0, 0.05) is 32.4 Å². The first-order chi connectivity index (χ1) is 8.16. The number of anilines is 1. The molecule has 1 aromatic heterocycles. The molecule has 1 fully saturated rings. The number of likely N-dealkylation sites (N-methyl/N-ethyl adjacent to an activating group) is 1. The van der Waals surface area contributed by atoms with Crippen molar-refractivity contribution in [2.45, 2.75) is 0 Å². The minimum absolute atomic E-state index is 0.0615. The molecule has 0 amide bonds. The number of hydrazine groups is 1. The second kappa shape index (κ2) is 5.11. The highest BCUT2D eigenvalue weighted by molar-refractivity contribution is 5.91. The van der Waals surface area contributed by atoms with Crippen molar-refractivity contribution < 1.29 is 9.90 Å². The van der Waals surface area contributed by atoms with E-state index < -0.39 is 5.97 Å². The highest BCUT2D eigenvalue weighted by atomic mass is 16.4. The number of aromatic nitrogens is 1. The molecule has 1 aromatic rings. The van der Waals surface area contributed by atoms with Gasteiger partial charge >= 0.3 is 5.97 Å². The van der Waals surface area contributed by atoms with Crippen molar-refractivity contribution in [3.63, 3.8) is 0 Å². The van der Waals surface area contributed by atoms with E-state index >= 15 is 0 Å². The summed E-state index contributed by atoms with van der Waals surface area (Å²) < 4.78 is 0. The number of carboxylic acid groups (broad SMARTS) is 1. The van der Waals surface area contributed by atoms with Gasteiger partial charge in [0.15, 0.2) is 5.69 Å².